The second kappa shape index (κ2) is 11.4. The molecular formula is C46H28N4. The van der Waals surface area contributed by atoms with Gasteiger partial charge in [-0.1, -0.05) is 121 Å². The Morgan fingerprint density at radius 2 is 0.880 bits per heavy atom. The van der Waals surface area contributed by atoms with Crippen molar-refractivity contribution in [2.75, 3.05) is 0 Å². The minimum absolute atomic E-state index is 0.627. The molecule has 0 fully saturated rings. The van der Waals surface area contributed by atoms with Gasteiger partial charge < -0.3 is 0 Å². The lowest BCUT2D eigenvalue weighted by Gasteiger charge is -2.15. The van der Waals surface area contributed by atoms with Crippen LogP contribution in [-0.4, -0.2) is 19.9 Å². The number of aromatic nitrogens is 4. The Hall–Kier alpha value is -6.78. The minimum Gasteiger partial charge on any atom is -0.256 e. The summed E-state index contributed by atoms with van der Waals surface area (Å²) in [6.07, 6.45) is 3.71. The molecule has 0 aliphatic heterocycles. The van der Waals surface area contributed by atoms with Crippen molar-refractivity contribution in [1.82, 2.24) is 19.9 Å². The van der Waals surface area contributed by atoms with Crippen molar-refractivity contribution >= 4 is 54.0 Å². The van der Waals surface area contributed by atoms with Crippen molar-refractivity contribution in [1.29, 1.82) is 0 Å². The largest absolute Gasteiger partial charge is 0.256 e. The molecule has 50 heavy (non-hydrogen) atoms. The van der Waals surface area contributed by atoms with Crippen molar-refractivity contribution in [2.45, 2.75) is 0 Å². The van der Waals surface area contributed by atoms with E-state index >= 15 is 0 Å². The maximum Gasteiger partial charge on any atom is 0.161 e. The van der Waals surface area contributed by atoms with Crippen LogP contribution in [0, 0.1) is 0 Å². The van der Waals surface area contributed by atoms with Crippen LogP contribution in [0.5, 0.6) is 0 Å². The number of hydrogen-bond acceptors (Lipinski definition) is 4. The maximum absolute atomic E-state index is 5.29. The van der Waals surface area contributed by atoms with E-state index in [2.05, 4.69) is 151 Å². The molecule has 3 heterocycles. The van der Waals surface area contributed by atoms with E-state index in [1.54, 1.807) is 0 Å². The number of rotatable bonds is 4. The second-order valence-electron chi connectivity index (χ2n) is 12.7. The van der Waals surface area contributed by atoms with Gasteiger partial charge in [0.2, 0.25) is 0 Å². The van der Waals surface area contributed by atoms with Crippen LogP contribution in [0.25, 0.3) is 99.2 Å². The van der Waals surface area contributed by atoms with E-state index in [4.69, 9.17) is 15.0 Å². The first-order valence-electron chi connectivity index (χ1n) is 16.8. The molecule has 10 rings (SSSR count). The third-order valence-electron chi connectivity index (χ3n) is 9.74. The molecule has 232 valence electrons. The molecular weight excluding hydrogens is 609 g/mol. The van der Waals surface area contributed by atoms with Gasteiger partial charge in [-0.15, -0.1) is 0 Å². The van der Waals surface area contributed by atoms with Gasteiger partial charge in [-0.25, -0.2) is 9.97 Å². The van der Waals surface area contributed by atoms with Gasteiger partial charge in [-0.3, -0.25) is 9.97 Å². The molecule has 0 aliphatic carbocycles. The number of nitrogens with zero attached hydrogens (tertiary/aromatic N) is 4. The van der Waals surface area contributed by atoms with Crippen molar-refractivity contribution in [3.05, 3.63) is 170 Å². The third kappa shape index (κ3) is 4.61. The van der Waals surface area contributed by atoms with E-state index in [-0.39, 0.29) is 0 Å². The van der Waals surface area contributed by atoms with Crippen molar-refractivity contribution in [3.63, 3.8) is 0 Å². The minimum atomic E-state index is 0.627. The van der Waals surface area contributed by atoms with Crippen molar-refractivity contribution < 1.29 is 0 Å². The average molecular weight is 637 g/mol. The molecule has 0 amide bonds. The molecule has 0 radical (unpaired) electrons. The zero-order valence-corrected chi connectivity index (χ0v) is 27.0. The topological polar surface area (TPSA) is 51.6 Å². The Morgan fingerprint density at radius 1 is 0.340 bits per heavy atom. The maximum atomic E-state index is 5.29. The fourth-order valence-corrected chi connectivity index (χ4v) is 7.38. The van der Waals surface area contributed by atoms with Crippen LogP contribution in [0.3, 0.4) is 0 Å². The molecule has 0 unspecified atom stereocenters. The molecule has 4 nitrogen and oxygen atoms in total. The van der Waals surface area contributed by atoms with E-state index in [1.807, 2.05) is 24.5 Å². The zero-order chi connectivity index (χ0) is 33.0. The highest BCUT2D eigenvalue weighted by Crippen LogP contribution is 2.39. The van der Waals surface area contributed by atoms with Gasteiger partial charge in [0.1, 0.15) is 0 Å². The molecule has 3 aromatic heterocycles. The van der Waals surface area contributed by atoms with Gasteiger partial charge >= 0.3 is 0 Å². The van der Waals surface area contributed by atoms with Crippen LogP contribution in [0.4, 0.5) is 0 Å². The SMILES string of the molecule is c1cnc2c(-c3ccc(-c4nc(-c5cc6ccccc6c6ccccc56)cc(-c5cc6ccccc6c6ccccc56)n4)cn3)cccc2c1. The standard InChI is InChI=1S/C46H28N4/c1-3-15-33-30(11-1)25-40(37-19-7-5-17-35(33)37)43-27-44(41-26-31-12-2-4-16-34(31)36-18-6-8-20-38(36)41)50-46(49-43)32-22-23-42(48-28-32)39-21-9-13-29-14-10-24-47-45(29)39/h1-28H. The van der Waals surface area contributed by atoms with Gasteiger partial charge in [-0.05, 0) is 79.5 Å². The summed E-state index contributed by atoms with van der Waals surface area (Å²) < 4.78 is 0. The van der Waals surface area contributed by atoms with E-state index in [0.29, 0.717) is 5.82 Å². The van der Waals surface area contributed by atoms with Crippen LogP contribution >= 0.6 is 0 Å². The molecule has 10 aromatic rings. The summed E-state index contributed by atoms with van der Waals surface area (Å²) >= 11 is 0. The highest BCUT2D eigenvalue weighted by molar-refractivity contribution is 6.15. The number of fused-ring (bicyclic) bond motifs is 7. The lowest BCUT2D eigenvalue weighted by molar-refractivity contribution is 1.17. The fraction of sp³-hybridized carbons (Fsp3) is 0. The summed E-state index contributed by atoms with van der Waals surface area (Å²) in [7, 11) is 0. The van der Waals surface area contributed by atoms with Crippen molar-refractivity contribution in [2.24, 2.45) is 0 Å². The Labute approximate surface area is 288 Å². The second-order valence-corrected chi connectivity index (χ2v) is 12.7. The van der Waals surface area contributed by atoms with Crippen LogP contribution < -0.4 is 0 Å². The summed E-state index contributed by atoms with van der Waals surface area (Å²) in [5.74, 6) is 0.627. The quantitative estimate of drug-likeness (QED) is 0.180. The summed E-state index contributed by atoms with van der Waals surface area (Å²) in [5.41, 5.74) is 7.51. The molecule has 0 atom stereocenters. The first-order chi connectivity index (χ1) is 24.8. The number of pyridine rings is 2. The van der Waals surface area contributed by atoms with Gasteiger partial charge in [0.25, 0.3) is 0 Å². The molecule has 0 spiro atoms. The van der Waals surface area contributed by atoms with Crippen LogP contribution in [-0.2, 0) is 0 Å². The third-order valence-corrected chi connectivity index (χ3v) is 9.74. The van der Waals surface area contributed by atoms with E-state index in [9.17, 15) is 0 Å². The fourth-order valence-electron chi connectivity index (χ4n) is 7.38. The Morgan fingerprint density at radius 3 is 1.48 bits per heavy atom. The monoisotopic (exact) mass is 636 g/mol. The van der Waals surface area contributed by atoms with E-state index in [1.165, 1.54) is 32.3 Å². The molecule has 0 N–H and O–H groups in total. The summed E-state index contributed by atoms with van der Waals surface area (Å²) in [5, 5.41) is 10.6. The first kappa shape index (κ1) is 28.3. The number of para-hydroxylation sites is 1. The van der Waals surface area contributed by atoms with Crippen LogP contribution in [0.15, 0.2) is 170 Å². The summed E-state index contributed by atoms with van der Waals surface area (Å²) in [6.45, 7) is 0. The number of hydrogen-bond donors (Lipinski definition) is 0. The first-order valence-corrected chi connectivity index (χ1v) is 16.8. The molecule has 0 aliphatic rings. The van der Waals surface area contributed by atoms with E-state index in [0.717, 1.165) is 61.0 Å². The van der Waals surface area contributed by atoms with Gasteiger partial charge in [0, 0.05) is 40.0 Å². The smallest absolute Gasteiger partial charge is 0.161 e. The lowest BCUT2D eigenvalue weighted by atomic mass is 9.93. The predicted octanol–water partition coefficient (Wildman–Crippen LogP) is 11.7. The number of benzene rings is 7. The highest BCUT2D eigenvalue weighted by atomic mass is 14.9. The van der Waals surface area contributed by atoms with Gasteiger partial charge in [-0.2, -0.15) is 0 Å². The van der Waals surface area contributed by atoms with Gasteiger partial charge in [0.05, 0.1) is 22.6 Å². The zero-order valence-electron chi connectivity index (χ0n) is 27.0. The predicted molar refractivity (Wildman–Crippen MR) is 207 cm³/mol. The molecule has 0 bridgehead atoms. The molecule has 0 saturated carbocycles. The summed E-state index contributed by atoms with van der Waals surface area (Å²) in [4.78, 5) is 20.2. The van der Waals surface area contributed by atoms with Crippen LogP contribution in [0.2, 0.25) is 0 Å². The normalized spacial score (nSPS) is 11.6. The van der Waals surface area contributed by atoms with Crippen molar-refractivity contribution in [3.8, 4) is 45.2 Å². The molecule has 4 heteroatoms. The van der Waals surface area contributed by atoms with E-state index < -0.39 is 0 Å². The highest BCUT2D eigenvalue weighted by Gasteiger charge is 2.17. The Balaban J connectivity index is 1.22. The molecule has 7 aromatic carbocycles. The Bertz CT molecular complexity index is 2790. The summed E-state index contributed by atoms with van der Waals surface area (Å²) in [6, 6.07) is 55.4. The van der Waals surface area contributed by atoms with Crippen LogP contribution in [0.1, 0.15) is 0 Å². The Kier molecular flexibility index (Phi) is 6.46. The van der Waals surface area contributed by atoms with Gasteiger partial charge in [0.15, 0.2) is 5.82 Å². The lowest BCUT2D eigenvalue weighted by Crippen LogP contribution is -1.98. The average Bonchev–Trinajstić information content (AvgIpc) is 3.20. The molecule has 0 saturated heterocycles.